The SMILES string of the molecule is COc1cccc(NC(C#N)c2csc(C)n2)c1. The first-order valence-corrected chi connectivity index (χ1v) is 6.33. The number of aromatic nitrogens is 1. The Bertz CT molecular complexity index is 574. The molecule has 1 N–H and O–H groups in total. The number of anilines is 1. The molecule has 5 heteroatoms. The Hall–Kier alpha value is -2.06. The molecule has 0 saturated heterocycles. The Morgan fingerprint density at radius 2 is 2.33 bits per heavy atom. The average molecular weight is 259 g/mol. The predicted molar refractivity (Wildman–Crippen MR) is 71.8 cm³/mol. The number of nitrogens with one attached hydrogen (secondary N) is 1. The fourth-order valence-corrected chi connectivity index (χ4v) is 2.20. The van der Waals surface area contributed by atoms with Crippen LogP contribution in [0.4, 0.5) is 5.69 Å². The third kappa shape index (κ3) is 2.79. The van der Waals surface area contributed by atoms with Crippen LogP contribution < -0.4 is 10.1 Å². The smallest absolute Gasteiger partial charge is 0.158 e. The molecular weight excluding hydrogens is 246 g/mol. The molecule has 92 valence electrons. The third-order valence-electron chi connectivity index (χ3n) is 2.44. The van der Waals surface area contributed by atoms with Crippen LogP contribution in [0.15, 0.2) is 29.6 Å². The number of rotatable bonds is 4. The van der Waals surface area contributed by atoms with Crippen molar-refractivity contribution in [2.45, 2.75) is 13.0 Å². The van der Waals surface area contributed by atoms with Crippen molar-refractivity contribution in [3.63, 3.8) is 0 Å². The van der Waals surface area contributed by atoms with Gasteiger partial charge in [0.25, 0.3) is 0 Å². The van der Waals surface area contributed by atoms with Crippen LogP contribution in [0.5, 0.6) is 5.75 Å². The van der Waals surface area contributed by atoms with E-state index in [1.54, 1.807) is 7.11 Å². The minimum atomic E-state index is -0.443. The summed E-state index contributed by atoms with van der Waals surface area (Å²) in [5.41, 5.74) is 1.59. The number of ether oxygens (including phenoxy) is 1. The zero-order chi connectivity index (χ0) is 13.0. The van der Waals surface area contributed by atoms with Gasteiger partial charge in [-0.2, -0.15) is 5.26 Å². The van der Waals surface area contributed by atoms with Crippen molar-refractivity contribution < 1.29 is 4.74 Å². The number of methoxy groups -OCH3 is 1. The van der Waals surface area contributed by atoms with E-state index in [1.807, 2.05) is 36.6 Å². The zero-order valence-corrected chi connectivity index (χ0v) is 11.0. The Labute approximate surface area is 110 Å². The van der Waals surface area contributed by atoms with E-state index in [0.717, 1.165) is 22.1 Å². The maximum absolute atomic E-state index is 9.20. The molecule has 0 fully saturated rings. The second-order valence-electron chi connectivity index (χ2n) is 3.73. The second kappa shape index (κ2) is 5.52. The summed E-state index contributed by atoms with van der Waals surface area (Å²) in [5, 5.41) is 15.2. The highest BCUT2D eigenvalue weighted by molar-refractivity contribution is 7.09. The summed E-state index contributed by atoms with van der Waals surface area (Å²) in [6, 6.07) is 9.25. The molecule has 1 unspecified atom stereocenters. The van der Waals surface area contributed by atoms with Gasteiger partial charge in [-0.3, -0.25) is 0 Å². The standard InChI is InChI=1S/C13H13N3OS/c1-9-15-13(8-18-9)12(7-14)16-10-4-3-5-11(6-10)17-2/h3-6,8,12,16H,1-2H3. The van der Waals surface area contributed by atoms with E-state index >= 15 is 0 Å². The van der Waals surface area contributed by atoms with Gasteiger partial charge in [0, 0.05) is 17.1 Å². The summed E-state index contributed by atoms with van der Waals surface area (Å²) >= 11 is 1.54. The van der Waals surface area contributed by atoms with Crippen LogP contribution in [-0.4, -0.2) is 12.1 Å². The van der Waals surface area contributed by atoms with Crippen LogP contribution in [0.1, 0.15) is 16.7 Å². The quantitative estimate of drug-likeness (QED) is 0.916. The highest BCUT2D eigenvalue weighted by Gasteiger charge is 2.13. The van der Waals surface area contributed by atoms with Crippen LogP contribution in [0.3, 0.4) is 0 Å². The first-order valence-electron chi connectivity index (χ1n) is 5.45. The summed E-state index contributed by atoms with van der Waals surface area (Å²) < 4.78 is 5.14. The minimum Gasteiger partial charge on any atom is -0.497 e. The molecule has 1 atom stereocenters. The molecule has 0 aliphatic carbocycles. The van der Waals surface area contributed by atoms with Crippen molar-refractivity contribution in [1.29, 1.82) is 5.26 Å². The lowest BCUT2D eigenvalue weighted by atomic mass is 10.2. The van der Waals surface area contributed by atoms with Gasteiger partial charge in [0.15, 0.2) is 6.04 Å². The van der Waals surface area contributed by atoms with Crippen LogP contribution in [-0.2, 0) is 0 Å². The highest BCUT2D eigenvalue weighted by Crippen LogP contribution is 2.23. The van der Waals surface area contributed by atoms with E-state index in [4.69, 9.17) is 4.74 Å². The lowest BCUT2D eigenvalue weighted by molar-refractivity contribution is 0.415. The molecule has 1 aromatic carbocycles. The van der Waals surface area contributed by atoms with Gasteiger partial charge in [0.05, 0.1) is 23.9 Å². The number of hydrogen-bond acceptors (Lipinski definition) is 5. The lowest BCUT2D eigenvalue weighted by Crippen LogP contribution is -2.08. The molecule has 0 bridgehead atoms. The molecule has 0 aliphatic heterocycles. The van der Waals surface area contributed by atoms with Crippen molar-refractivity contribution in [3.8, 4) is 11.8 Å². The molecule has 0 spiro atoms. The van der Waals surface area contributed by atoms with E-state index < -0.39 is 6.04 Å². The Balaban J connectivity index is 2.18. The van der Waals surface area contributed by atoms with Gasteiger partial charge in [-0.25, -0.2) is 4.98 Å². The monoisotopic (exact) mass is 259 g/mol. The molecular formula is C13H13N3OS. The van der Waals surface area contributed by atoms with E-state index in [0.29, 0.717) is 0 Å². The summed E-state index contributed by atoms with van der Waals surface area (Å²) in [4.78, 5) is 4.32. The van der Waals surface area contributed by atoms with Crippen LogP contribution in [0, 0.1) is 18.3 Å². The van der Waals surface area contributed by atoms with Gasteiger partial charge in [-0.1, -0.05) is 6.07 Å². The lowest BCUT2D eigenvalue weighted by Gasteiger charge is -2.11. The topological polar surface area (TPSA) is 57.9 Å². The Morgan fingerprint density at radius 3 is 2.94 bits per heavy atom. The number of aryl methyl sites for hydroxylation is 1. The maximum atomic E-state index is 9.20. The third-order valence-corrected chi connectivity index (χ3v) is 3.23. The van der Waals surface area contributed by atoms with Gasteiger partial charge in [-0.05, 0) is 19.1 Å². The first kappa shape index (κ1) is 12.4. The first-order chi connectivity index (χ1) is 8.72. The van der Waals surface area contributed by atoms with Crippen LogP contribution >= 0.6 is 11.3 Å². The summed E-state index contributed by atoms with van der Waals surface area (Å²) in [6.45, 7) is 1.92. The van der Waals surface area contributed by atoms with E-state index in [9.17, 15) is 5.26 Å². The van der Waals surface area contributed by atoms with E-state index in [-0.39, 0.29) is 0 Å². The highest BCUT2D eigenvalue weighted by atomic mass is 32.1. The van der Waals surface area contributed by atoms with Gasteiger partial charge in [0.1, 0.15) is 5.75 Å². The van der Waals surface area contributed by atoms with Crippen molar-refractivity contribution in [1.82, 2.24) is 4.98 Å². The minimum absolute atomic E-state index is 0.443. The van der Waals surface area contributed by atoms with Gasteiger partial charge >= 0.3 is 0 Å². The number of nitrogens with zero attached hydrogens (tertiary/aromatic N) is 2. The van der Waals surface area contributed by atoms with Gasteiger partial charge in [-0.15, -0.1) is 11.3 Å². The molecule has 1 aromatic heterocycles. The van der Waals surface area contributed by atoms with Crippen LogP contribution in [0.2, 0.25) is 0 Å². The molecule has 2 rings (SSSR count). The molecule has 2 aromatic rings. The van der Waals surface area contributed by atoms with E-state index in [1.165, 1.54) is 11.3 Å². The zero-order valence-electron chi connectivity index (χ0n) is 10.2. The van der Waals surface area contributed by atoms with Crippen molar-refractivity contribution in [3.05, 3.63) is 40.3 Å². The number of hydrogen-bond donors (Lipinski definition) is 1. The fraction of sp³-hybridized carbons (Fsp3) is 0.231. The molecule has 18 heavy (non-hydrogen) atoms. The molecule has 0 aliphatic rings. The number of thiazole rings is 1. The maximum Gasteiger partial charge on any atom is 0.158 e. The number of nitriles is 1. The van der Waals surface area contributed by atoms with Gasteiger partial charge < -0.3 is 10.1 Å². The van der Waals surface area contributed by atoms with Crippen molar-refractivity contribution in [2.75, 3.05) is 12.4 Å². The van der Waals surface area contributed by atoms with Crippen LogP contribution in [0.25, 0.3) is 0 Å². The molecule has 0 amide bonds. The fourth-order valence-electron chi connectivity index (χ4n) is 1.56. The summed E-state index contributed by atoms with van der Waals surface area (Å²) in [7, 11) is 1.62. The Morgan fingerprint density at radius 1 is 1.50 bits per heavy atom. The molecule has 0 radical (unpaired) electrons. The van der Waals surface area contributed by atoms with Crippen molar-refractivity contribution in [2.24, 2.45) is 0 Å². The van der Waals surface area contributed by atoms with Gasteiger partial charge in [0.2, 0.25) is 0 Å². The molecule has 1 heterocycles. The summed E-state index contributed by atoms with van der Waals surface area (Å²) in [5.74, 6) is 0.756. The largest absolute Gasteiger partial charge is 0.497 e. The molecule has 0 saturated carbocycles. The average Bonchev–Trinajstić information content (AvgIpc) is 2.82. The van der Waals surface area contributed by atoms with E-state index in [2.05, 4.69) is 16.4 Å². The predicted octanol–water partition coefficient (Wildman–Crippen LogP) is 3.14. The molecule has 4 nitrogen and oxygen atoms in total. The second-order valence-corrected chi connectivity index (χ2v) is 4.79. The summed E-state index contributed by atoms with van der Waals surface area (Å²) in [6.07, 6.45) is 0. The van der Waals surface area contributed by atoms with Crippen molar-refractivity contribution >= 4 is 17.0 Å². The normalized spacial score (nSPS) is 11.6. The number of benzene rings is 1. The Kier molecular flexibility index (Phi) is 3.80.